The number of hydrogen-bond acceptors (Lipinski definition) is 9. The van der Waals surface area contributed by atoms with Crippen LogP contribution in [0.3, 0.4) is 0 Å². The van der Waals surface area contributed by atoms with Crippen molar-refractivity contribution in [3.8, 4) is 5.75 Å². The molecule has 1 unspecified atom stereocenters. The number of rotatable bonds is 16. The van der Waals surface area contributed by atoms with Crippen LogP contribution in [-0.2, 0) is 20.9 Å². The van der Waals surface area contributed by atoms with Gasteiger partial charge in [-0.25, -0.2) is 0 Å². The highest BCUT2D eigenvalue weighted by atomic mass is 16.3. The summed E-state index contributed by atoms with van der Waals surface area (Å²) in [5, 5.41) is 17.7. The van der Waals surface area contributed by atoms with E-state index >= 15 is 0 Å². The molecule has 0 fully saturated rings. The van der Waals surface area contributed by atoms with E-state index in [0.29, 0.717) is 38.1 Å². The van der Waals surface area contributed by atoms with E-state index in [2.05, 4.69) is 40.3 Å². The first-order valence-electron chi connectivity index (χ1n) is 13.0. The summed E-state index contributed by atoms with van der Waals surface area (Å²) >= 11 is 0. The number of hydrazine groups is 1. The molecule has 10 nitrogen and oxygen atoms in total. The molecule has 9 N–H and O–H groups in total. The zero-order valence-electron chi connectivity index (χ0n) is 24.1. The maximum Gasteiger partial charge on any atom is 0.207 e. The third-order valence-corrected chi connectivity index (χ3v) is 4.56. The summed E-state index contributed by atoms with van der Waals surface area (Å²) in [6.07, 6.45) is 9.94. The third kappa shape index (κ3) is 32.2. The topological polar surface area (TPSA) is 172 Å². The van der Waals surface area contributed by atoms with Crippen LogP contribution < -0.4 is 33.0 Å². The van der Waals surface area contributed by atoms with Gasteiger partial charge in [0.15, 0.2) is 0 Å². The molecule has 0 aliphatic heterocycles. The van der Waals surface area contributed by atoms with Crippen molar-refractivity contribution in [2.45, 2.75) is 51.7 Å². The van der Waals surface area contributed by atoms with Crippen LogP contribution in [0, 0.1) is 6.92 Å². The Morgan fingerprint density at radius 1 is 0.900 bits per heavy atom. The summed E-state index contributed by atoms with van der Waals surface area (Å²) in [6.45, 7) is 10.9. The number of benzene rings is 2. The number of aromatic hydroxyl groups is 1. The summed E-state index contributed by atoms with van der Waals surface area (Å²) in [5.74, 6) is 5.15. The molecule has 2 rings (SSSR count). The molecule has 2 aromatic carbocycles. The highest BCUT2D eigenvalue weighted by Gasteiger charge is 2.03. The lowest BCUT2D eigenvalue weighted by atomic mass is 10.2. The van der Waals surface area contributed by atoms with Crippen molar-refractivity contribution >= 4 is 19.0 Å². The molecule has 0 aromatic heterocycles. The van der Waals surface area contributed by atoms with Crippen LogP contribution in [0.25, 0.3) is 0 Å². The van der Waals surface area contributed by atoms with Gasteiger partial charge in [0.25, 0.3) is 0 Å². The van der Waals surface area contributed by atoms with Gasteiger partial charge in [-0.15, -0.1) is 6.58 Å². The number of phenols is 1. The van der Waals surface area contributed by atoms with E-state index in [1.807, 2.05) is 49.4 Å². The Hall–Kier alpha value is -3.83. The number of carbonyl (C=O) groups is 3. The Kier molecular flexibility index (Phi) is 35.8. The number of hydrogen-bond donors (Lipinski definition) is 7. The van der Waals surface area contributed by atoms with Gasteiger partial charge < -0.3 is 31.1 Å². The fraction of sp³-hybridized carbons (Fsp3) is 0.367. The van der Waals surface area contributed by atoms with Crippen molar-refractivity contribution in [1.29, 1.82) is 0 Å². The van der Waals surface area contributed by atoms with Gasteiger partial charge in [0.2, 0.25) is 6.41 Å². The van der Waals surface area contributed by atoms with E-state index in [1.54, 1.807) is 24.4 Å². The van der Waals surface area contributed by atoms with E-state index in [9.17, 15) is 14.4 Å². The number of nitrogens with two attached hydrogens (primary N) is 2. The van der Waals surface area contributed by atoms with Crippen molar-refractivity contribution in [1.82, 2.24) is 21.4 Å². The third-order valence-electron chi connectivity index (χ3n) is 4.56. The minimum absolute atomic E-state index is 0.0112. The van der Waals surface area contributed by atoms with E-state index in [0.717, 1.165) is 38.4 Å². The molecular formula is C30H50N6O4. The van der Waals surface area contributed by atoms with Crippen LogP contribution in [0.15, 0.2) is 80.0 Å². The Bertz CT molecular complexity index is 805. The quantitative estimate of drug-likeness (QED) is 0.0408. The smallest absolute Gasteiger partial charge is 0.207 e. The maximum atomic E-state index is 10.2. The summed E-state index contributed by atoms with van der Waals surface area (Å²) in [7, 11) is 1.50. The van der Waals surface area contributed by atoms with Crippen molar-refractivity contribution in [3.63, 3.8) is 0 Å². The molecule has 1 amide bonds. The SMILES string of the molecule is C=CCNN.C=CNC(CNC=O)NCc1ccccc1.CN.Cc1ccc(O)cc1.O=CCCCCCC=O. The van der Waals surface area contributed by atoms with E-state index < -0.39 is 0 Å². The van der Waals surface area contributed by atoms with Gasteiger partial charge in [-0.2, -0.15) is 0 Å². The Morgan fingerprint density at radius 3 is 1.88 bits per heavy atom. The molecule has 0 spiro atoms. The van der Waals surface area contributed by atoms with E-state index in [1.165, 1.54) is 18.2 Å². The molecule has 0 bridgehead atoms. The largest absolute Gasteiger partial charge is 0.508 e. The Morgan fingerprint density at radius 2 is 1.48 bits per heavy atom. The number of carbonyl (C=O) groups excluding carboxylic acids is 3. The molecule has 0 saturated heterocycles. The fourth-order valence-corrected chi connectivity index (χ4v) is 2.60. The van der Waals surface area contributed by atoms with Gasteiger partial charge in [-0.1, -0.05) is 67.1 Å². The number of amides is 1. The molecule has 0 aliphatic rings. The molecule has 0 radical (unpaired) electrons. The van der Waals surface area contributed by atoms with Gasteiger partial charge in [0.1, 0.15) is 18.3 Å². The fourth-order valence-electron chi connectivity index (χ4n) is 2.60. The van der Waals surface area contributed by atoms with E-state index in [4.69, 9.17) is 10.9 Å². The standard InChI is InChI=1S/C12H17N3O.C7H12O2.C7H8O.C3H8N2.CH5N/c1-2-14-12(9-13-10-16)15-8-11-6-4-3-5-7-11;8-6-4-2-1-3-5-7-9;1-6-2-4-7(8)5-3-6;1-2-3-5-4;1-2/h2-7,10,12,14-15H,1,8-9H2,(H,13,16);6-7H,1-5H2;2-5,8H,1H3;2,5H,1,3-4H2;2H2,1H3. The first-order chi connectivity index (χ1) is 19.5. The molecule has 0 aliphatic carbocycles. The van der Waals surface area contributed by atoms with Crippen LogP contribution in [0.5, 0.6) is 5.75 Å². The minimum Gasteiger partial charge on any atom is -0.508 e. The number of aldehydes is 2. The minimum atomic E-state index is -0.0112. The monoisotopic (exact) mass is 558 g/mol. The number of unbranched alkanes of at least 4 members (excludes halogenated alkanes) is 4. The highest BCUT2D eigenvalue weighted by molar-refractivity contribution is 5.49. The van der Waals surface area contributed by atoms with Crippen LogP contribution in [-0.4, -0.2) is 50.4 Å². The van der Waals surface area contributed by atoms with Crippen LogP contribution >= 0.6 is 0 Å². The predicted molar refractivity (Wildman–Crippen MR) is 165 cm³/mol. The number of nitrogens with one attached hydrogen (secondary N) is 4. The van der Waals surface area contributed by atoms with Crippen molar-refractivity contribution in [2.75, 3.05) is 20.1 Å². The van der Waals surface area contributed by atoms with Crippen molar-refractivity contribution < 1.29 is 19.5 Å². The van der Waals surface area contributed by atoms with Gasteiger partial charge in [-0.05, 0) is 50.7 Å². The predicted octanol–water partition coefficient (Wildman–Crippen LogP) is 2.83. The summed E-state index contributed by atoms with van der Waals surface area (Å²) in [4.78, 5) is 29.7. The number of aryl methyl sites for hydroxylation is 1. The van der Waals surface area contributed by atoms with Gasteiger partial charge in [0, 0.05) is 25.9 Å². The first-order valence-corrected chi connectivity index (χ1v) is 13.0. The zero-order chi connectivity index (χ0) is 30.7. The lowest BCUT2D eigenvalue weighted by Gasteiger charge is -2.18. The molecule has 0 heterocycles. The van der Waals surface area contributed by atoms with Crippen LogP contribution in [0.1, 0.15) is 43.2 Å². The van der Waals surface area contributed by atoms with Crippen molar-refractivity contribution in [3.05, 3.63) is 91.2 Å². The average molecular weight is 559 g/mol. The summed E-state index contributed by atoms with van der Waals surface area (Å²) < 4.78 is 0. The van der Waals surface area contributed by atoms with Crippen LogP contribution in [0.4, 0.5) is 0 Å². The van der Waals surface area contributed by atoms with Gasteiger partial charge in [-0.3, -0.25) is 21.4 Å². The highest BCUT2D eigenvalue weighted by Crippen LogP contribution is 2.07. The normalized spacial score (nSPS) is 9.50. The lowest BCUT2D eigenvalue weighted by Crippen LogP contribution is -2.46. The van der Waals surface area contributed by atoms with E-state index in [-0.39, 0.29) is 6.17 Å². The average Bonchev–Trinajstić information content (AvgIpc) is 2.99. The molecular weight excluding hydrogens is 508 g/mol. The van der Waals surface area contributed by atoms with Gasteiger partial charge >= 0.3 is 0 Å². The zero-order valence-corrected chi connectivity index (χ0v) is 24.1. The molecule has 40 heavy (non-hydrogen) atoms. The molecule has 0 saturated carbocycles. The molecule has 1 atom stereocenters. The second-order valence-corrected chi connectivity index (χ2v) is 7.82. The van der Waals surface area contributed by atoms with Crippen LogP contribution in [0.2, 0.25) is 0 Å². The lowest BCUT2D eigenvalue weighted by molar-refractivity contribution is -0.110. The molecule has 2 aromatic rings. The Balaban J connectivity index is -0.000000487. The van der Waals surface area contributed by atoms with Gasteiger partial charge in [0.05, 0.1) is 12.7 Å². The van der Waals surface area contributed by atoms with Crippen molar-refractivity contribution in [2.24, 2.45) is 11.6 Å². The second-order valence-electron chi connectivity index (χ2n) is 7.82. The summed E-state index contributed by atoms with van der Waals surface area (Å²) in [5.41, 5.74) is 9.27. The Labute approximate surface area is 240 Å². The molecule has 224 valence electrons. The molecule has 10 heteroatoms. The second kappa shape index (κ2) is 35.2. The maximum absolute atomic E-state index is 10.2. The number of phenolic OH excluding ortho intramolecular Hbond substituents is 1. The summed E-state index contributed by atoms with van der Waals surface area (Å²) in [6, 6.07) is 17.2. The first kappa shape index (κ1) is 40.7.